The lowest BCUT2D eigenvalue weighted by Gasteiger charge is -2.20. The molecule has 1 aliphatic heterocycles. The van der Waals surface area contributed by atoms with Gasteiger partial charge < -0.3 is 10.2 Å². The van der Waals surface area contributed by atoms with Crippen molar-refractivity contribution in [2.75, 3.05) is 16.5 Å². The van der Waals surface area contributed by atoms with Crippen LogP contribution in [-0.4, -0.2) is 34.1 Å². The number of rotatable bonds is 3. The van der Waals surface area contributed by atoms with Gasteiger partial charge >= 0.3 is 0 Å². The summed E-state index contributed by atoms with van der Waals surface area (Å²) in [5.41, 5.74) is 3.09. The van der Waals surface area contributed by atoms with Gasteiger partial charge in [0.1, 0.15) is 0 Å². The molecule has 0 fully saturated rings. The Kier molecular flexibility index (Phi) is 4.53. The number of hydrogen-bond donors (Lipinski definition) is 1. The number of aromatic nitrogens is 2. The van der Waals surface area contributed by atoms with Crippen molar-refractivity contribution >= 4 is 35.0 Å². The van der Waals surface area contributed by atoms with Crippen molar-refractivity contribution in [3.63, 3.8) is 0 Å². The molecule has 0 saturated heterocycles. The molecular weight excluding hydrogens is 324 g/mol. The molecule has 0 aliphatic carbocycles. The molecule has 2 amide bonds. The highest BCUT2D eigenvalue weighted by molar-refractivity contribution is 7.98. The van der Waals surface area contributed by atoms with Gasteiger partial charge in [0.15, 0.2) is 5.16 Å². The minimum atomic E-state index is -0.253. The lowest BCUT2D eigenvalue weighted by molar-refractivity contribution is -0.116. The van der Waals surface area contributed by atoms with Crippen molar-refractivity contribution in [1.82, 2.24) is 9.97 Å². The zero-order valence-corrected chi connectivity index (χ0v) is 14.6. The molecule has 1 aromatic carbocycles. The van der Waals surface area contributed by atoms with E-state index in [1.54, 1.807) is 11.8 Å². The summed E-state index contributed by atoms with van der Waals surface area (Å²) in [5.74, 6) is -0.221. The van der Waals surface area contributed by atoms with Crippen LogP contribution in [0.2, 0.25) is 0 Å². The van der Waals surface area contributed by atoms with Crippen LogP contribution in [0.25, 0.3) is 0 Å². The fourth-order valence-electron chi connectivity index (χ4n) is 2.93. The summed E-state index contributed by atoms with van der Waals surface area (Å²) in [5, 5.41) is 3.48. The lowest BCUT2D eigenvalue weighted by Crippen LogP contribution is -2.33. The number of benzene rings is 1. The molecule has 0 saturated carbocycles. The maximum atomic E-state index is 12.3. The van der Waals surface area contributed by atoms with Crippen LogP contribution in [0.5, 0.6) is 0 Å². The monoisotopic (exact) mass is 342 g/mol. The Morgan fingerprint density at radius 1 is 1.29 bits per heavy atom. The second kappa shape index (κ2) is 6.60. The normalized spacial score (nSPS) is 16.0. The number of hydrogen-bond acceptors (Lipinski definition) is 5. The summed E-state index contributed by atoms with van der Waals surface area (Å²) in [6.45, 7) is 3.59. The van der Waals surface area contributed by atoms with Gasteiger partial charge in [-0.1, -0.05) is 11.8 Å². The number of nitrogens with one attached hydrogen (secondary N) is 1. The molecule has 124 valence electrons. The zero-order valence-electron chi connectivity index (χ0n) is 13.7. The highest BCUT2D eigenvalue weighted by Gasteiger charge is 2.28. The van der Waals surface area contributed by atoms with Gasteiger partial charge in [0, 0.05) is 36.7 Å². The molecule has 0 bridgehead atoms. The van der Waals surface area contributed by atoms with Crippen molar-refractivity contribution in [2.24, 2.45) is 0 Å². The highest BCUT2D eigenvalue weighted by Crippen LogP contribution is 2.34. The Bertz CT molecular complexity index is 792. The molecule has 0 spiro atoms. The van der Waals surface area contributed by atoms with Gasteiger partial charge in [0.25, 0.3) is 5.91 Å². The van der Waals surface area contributed by atoms with Crippen LogP contribution in [0, 0.1) is 0 Å². The second-order valence-corrected chi connectivity index (χ2v) is 6.47. The van der Waals surface area contributed by atoms with E-state index in [1.807, 2.05) is 31.4 Å². The summed E-state index contributed by atoms with van der Waals surface area (Å²) >= 11 is 1.42. The van der Waals surface area contributed by atoms with E-state index in [0.29, 0.717) is 16.4 Å². The topological polar surface area (TPSA) is 75.2 Å². The van der Waals surface area contributed by atoms with E-state index in [9.17, 15) is 9.59 Å². The number of amides is 2. The van der Waals surface area contributed by atoms with E-state index in [1.165, 1.54) is 24.2 Å². The maximum Gasteiger partial charge on any atom is 0.258 e. The van der Waals surface area contributed by atoms with Crippen LogP contribution in [-0.2, 0) is 11.2 Å². The van der Waals surface area contributed by atoms with E-state index in [2.05, 4.69) is 15.3 Å². The van der Waals surface area contributed by atoms with E-state index < -0.39 is 0 Å². The summed E-state index contributed by atoms with van der Waals surface area (Å²) < 4.78 is 0. The van der Waals surface area contributed by atoms with Crippen molar-refractivity contribution in [3.05, 3.63) is 41.7 Å². The van der Waals surface area contributed by atoms with Gasteiger partial charge in [-0.3, -0.25) is 9.59 Å². The third kappa shape index (κ3) is 3.12. The van der Waals surface area contributed by atoms with Crippen LogP contribution in [0.15, 0.2) is 35.7 Å². The summed E-state index contributed by atoms with van der Waals surface area (Å²) in [6, 6.07) is 5.74. The van der Waals surface area contributed by atoms with E-state index in [0.717, 1.165) is 17.7 Å². The maximum absolute atomic E-state index is 12.3. The number of carbonyl (C=O) groups excluding carboxylic acids is 2. The number of carbonyl (C=O) groups is 2. The quantitative estimate of drug-likeness (QED) is 0.686. The Morgan fingerprint density at radius 2 is 2.00 bits per heavy atom. The molecule has 7 heteroatoms. The molecular formula is C17H18N4O2S. The SMILES string of the molecule is CSc1ncc(C(=O)Nc2ccc3c(c2)C[C@@H](C)N3C(C)=O)cn1. The fraction of sp³-hybridized carbons (Fsp3) is 0.294. The second-order valence-electron chi connectivity index (χ2n) is 5.70. The standard InChI is InChI=1S/C17H18N4O2S/c1-10-6-12-7-14(4-5-15(12)21(10)11(2)22)20-16(23)13-8-18-17(24-3)19-9-13/h4-5,7-10H,6H2,1-3H3,(H,20,23)/t10-/m1/s1. The number of thioether (sulfide) groups is 1. The minimum Gasteiger partial charge on any atom is -0.322 e. The Hall–Kier alpha value is -2.41. The van der Waals surface area contributed by atoms with Gasteiger partial charge in [-0.15, -0.1) is 0 Å². The molecule has 2 heterocycles. The Labute approximate surface area is 144 Å². The van der Waals surface area contributed by atoms with Crippen molar-refractivity contribution in [1.29, 1.82) is 0 Å². The molecule has 0 radical (unpaired) electrons. The highest BCUT2D eigenvalue weighted by atomic mass is 32.2. The number of nitrogens with zero attached hydrogens (tertiary/aromatic N) is 3. The van der Waals surface area contributed by atoms with Crippen molar-refractivity contribution < 1.29 is 9.59 Å². The van der Waals surface area contributed by atoms with Gasteiger partial charge in [-0.2, -0.15) is 0 Å². The van der Waals surface area contributed by atoms with Crippen LogP contribution in [0.4, 0.5) is 11.4 Å². The first-order valence-electron chi connectivity index (χ1n) is 7.59. The van der Waals surface area contributed by atoms with E-state index in [-0.39, 0.29) is 17.9 Å². The summed E-state index contributed by atoms with van der Waals surface area (Å²) in [7, 11) is 0. The average molecular weight is 342 g/mol. The zero-order chi connectivity index (χ0) is 17.3. The van der Waals surface area contributed by atoms with Crippen LogP contribution in [0.1, 0.15) is 29.8 Å². The van der Waals surface area contributed by atoms with E-state index in [4.69, 9.17) is 0 Å². The van der Waals surface area contributed by atoms with Gasteiger partial charge in [-0.05, 0) is 43.4 Å². The first kappa shape index (κ1) is 16.4. The molecule has 1 aromatic heterocycles. The summed E-state index contributed by atoms with van der Waals surface area (Å²) in [4.78, 5) is 34.0. The van der Waals surface area contributed by atoms with Crippen LogP contribution >= 0.6 is 11.8 Å². The predicted molar refractivity (Wildman–Crippen MR) is 94.5 cm³/mol. The third-order valence-electron chi connectivity index (χ3n) is 3.97. The average Bonchev–Trinajstić information content (AvgIpc) is 2.90. The number of anilines is 2. The molecule has 0 unspecified atom stereocenters. The third-order valence-corrected chi connectivity index (χ3v) is 4.54. The van der Waals surface area contributed by atoms with Crippen molar-refractivity contribution in [2.45, 2.75) is 31.5 Å². The molecule has 1 atom stereocenters. The fourth-order valence-corrected chi connectivity index (χ4v) is 3.25. The molecule has 6 nitrogen and oxygen atoms in total. The first-order valence-corrected chi connectivity index (χ1v) is 8.82. The predicted octanol–water partition coefficient (Wildman–Crippen LogP) is 2.75. The Balaban J connectivity index is 1.78. The molecule has 1 aliphatic rings. The smallest absolute Gasteiger partial charge is 0.258 e. The van der Waals surface area contributed by atoms with Crippen LogP contribution < -0.4 is 10.2 Å². The molecule has 1 N–H and O–H groups in total. The molecule has 3 rings (SSSR count). The lowest BCUT2D eigenvalue weighted by atomic mass is 10.1. The van der Waals surface area contributed by atoms with Crippen molar-refractivity contribution in [3.8, 4) is 0 Å². The largest absolute Gasteiger partial charge is 0.322 e. The summed E-state index contributed by atoms with van der Waals surface area (Å²) in [6.07, 6.45) is 5.69. The van der Waals surface area contributed by atoms with E-state index >= 15 is 0 Å². The van der Waals surface area contributed by atoms with Gasteiger partial charge in [-0.25, -0.2) is 9.97 Å². The molecule has 24 heavy (non-hydrogen) atoms. The Morgan fingerprint density at radius 3 is 2.62 bits per heavy atom. The minimum absolute atomic E-state index is 0.0315. The molecule has 2 aromatic rings. The van der Waals surface area contributed by atoms with Crippen LogP contribution in [0.3, 0.4) is 0 Å². The van der Waals surface area contributed by atoms with Gasteiger partial charge in [0.05, 0.1) is 5.56 Å². The first-order chi connectivity index (χ1) is 11.5. The van der Waals surface area contributed by atoms with Gasteiger partial charge in [0.2, 0.25) is 5.91 Å². The number of fused-ring (bicyclic) bond motifs is 1.